The normalized spacial score (nSPS) is 19.1. The maximum absolute atomic E-state index is 5.24. The van der Waals surface area contributed by atoms with Gasteiger partial charge in [-0.25, -0.2) is 9.97 Å². The third kappa shape index (κ3) is 3.50. The van der Waals surface area contributed by atoms with E-state index in [9.17, 15) is 0 Å². The number of anilines is 1. The first kappa shape index (κ1) is 15.7. The maximum atomic E-state index is 5.24. The van der Waals surface area contributed by atoms with Gasteiger partial charge in [0.05, 0.1) is 16.8 Å². The van der Waals surface area contributed by atoms with Gasteiger partial charge in [0.15, 0.2) is 0 Å². The van der Waals surface area contributed by atoms with Crippen LogP contribution >= 0.6 is 15.9 Å². The van der Waals surface area contributed by atoms with Gasteiger partial charge >= 0.3 is 0 Å². The average molecular weight is 342 g/mol. The Morgan fingerprint density at radius 2 is 1.95 bits per heavy atom. The number of ether oxygens (including phenoxy) is 1. The zero-order valence-electron chi connectivity index (χ0n) is 12.8. The predicted octanol–water partition coefficient (Wildman–Crippen LogP) is 4.11. The van der Waals surface area contributed by atoms with E-state index in [0.29, 0.717) is 17.9 Å². The van der Waals surface area contributed by atoms with Crippen molar-refractivity contribution in [2.24, 2.45) is 5.41 Å². The average Bonchev–Trinajstić information content (AvgIpc) is 2.41. The van der Waals surface area contributed by atoms with E-state index in [2.05, 4.69) is 40.1 Å². The number of hydrogen-bond donors (Lipinski definition) is 1. The molecule has 0 spiro atoms. The Bertz CT molecular complexity index is 466. The molecule has 1 saturated carbocycles. The summed E-state index contributed by atoms with van der Waals surface area (Å²) in [5.41, 5.74) is 1.39. The van der Waals surface area contributed by atoms with Crippen LogP contribution in [0.4, 0.5) is 5.82 Å². The zero-order valence-corrected chi connectivity index (χ0v) is 14.4. The molecule has 0 atom stereocenters. The van der Waals surface area contributed by atoms with Crippen LogP contribution in [0.25, 0.3) is 0 Å². The number of nitrogens with zero attached hydrogens (tertiary/aromatic N) is 2. The van der Waals surface area contributed by atoms with Crippen molar-refractivity contribution < 1.29 is 4.74 Å². The van der Waals surface area contributed by atoms with Crippen LogP contribution in [0.15, 0.2) is 4.47 Å². The van der Waals surface area contributed by atoms with Crippen LogP contribution in [0.5, 0.6) is 0 Å². The lowest BCUT2D eigenvalue weighted by atomic mass is 9.73. The molecular weight excluding hydrogens is 318 g/mol. The van der Waals surface area contributed by atoms with Gasteiger partial charge < -0.3 is 10.1 Å². The number of rotatable bonds is 4. The fourth-order valence-electron chi connectivity index (χ4n) is 2.75. The minimum Gasteiger partial charge on any atom is -0.378 e. The van der Waals surface area contributed by atoms with Crippen LogP contribution in [-0.2, 0) is 11.3 Å². The fraction of sp³-hybridized carbons (Fsp3) is 0.733. The highest BCUT2D eigenvalue weighted by molar-refractivity contribution is 9.10. The number of hydrogen-bond acceptors (Lipinski definition) is 4. The van der Waals surface area contributed by atoms with Gasteiger partial charge in [0.1, 0.15) is 11.6 Å². The molecule has 0 aliphatic heterocycles. The van der Waals surface area contributed by atoms with Crippen molar-refractivity contribution in [3.8, 4) is 0 Å². The molecule has 1 heterocycles. The van der Waals surface area contributed by atoms with E-state index in [4.69, 9.17) is 9.72 Å². The molecule has 0 amide bonds. The van der Waals surface area contributed by atoms with Crippen LogP contribution in [0.3, 0.4) is 0 Å². The minimum atomic E-state index is 0.465. The Morgan fingerprint density at radius 3 is 2.50 bits per heavy atom. The smallest absolute Gasteiger partial charge is 0.144 e. The van der Waals surface area contributed by atoms with Gasteiger partial charge in [-0.05, 0) is 47.0 Å². The van der Waals surface area contributed by atoms with Crippen LogP contribution in [0.1, 0.15) is 57.0 Å². The molecule has 0 aromatic carbocycles. The van der Waals surface area contributed by atoms with E-state index >= 15 is 0 Å². The van der Waals surface area contributed by atoms with E-state index in [0.717, 1.165) is 21.8 Å². The molecule has 112 valence electrons. The van der Waals surface area contributed by atoms with Crippen molar-refractivity contribution >= 4 is 21.7 Å². The number of aromatic nitrogens is 2. The molecule has 20 heavy (non-hydrogen) atoms. The number of nitrogens with one attached hydrogen (secondary N) is 1. The molecular formula is C15H24BrN3O. The summed E-state index contributed by atoms with van der Waals surface area (Å²) in [4.78, 5) is 9.40. The minimum absolute atomic E-state index is 0.465. The SMILES string of the molecule is CNc1nc(C2CCC(C)(C)CC2)nc(COC)c1Br. The second-order valence-corrected chi connectivity index (χ2v) is 7.11. The van der Waals surface area contributed by atoms with Crippen molar-refractivity contribution in [2.75, 3.05) is 19.5 Å². The molecule has 1 aromatic rings. The van der Waals surface area contributed by atoms with Crippen molar-refractivity contribution in [1.29, 1.82) is 0 Å². The van der Waals surface area contributed by atoms with Gasteiger partial charge in [-0.1, -0.05) is 13.8 Å². The third-order valence-corrected chi connectivity index (χ3v) is 4.99. The number of halogens is 1. The molecule has 0 bridgehead atoms. The molecule has 1 aliphatic carbocycles. The van der Waals surface area contributed by atoms with Crippen LogP contribution in [0, 0.1) is 5.41 Å². The molecule has 1 fully saturated rings. The molecule has 0 saturated heterocycles. The van der Waals surface area contributed by atoms with E-state index in [1.54, 1.807) is 7.11 Å². The second kappa shape index (κ2) is 6.39. The van der Waals surface area contributed by atoms with Crippen molar-refractivity contribution in [1.82, 2.24) is 9.97 Å². The molecule has 5 heteroatoms. The van der Waals surface area contributed by atoms with E-state index in [-0.39, 0.29) is 0 Å². The molecule has 1 aliphatic rings. The summed E-state index contributed by atoms with van der Waals surface area (Å²) < 4.78 is 6.14. The van der Waals surface area contributed by atoms with Gasteiger partial charge in [-0.3, -0.25) is 0 Å². The summed E-state index contributed by atoms with van der Waals surface area (Å²) in [5.74, 6) is 2.28. The van der Waals surface area contributed by atoms with Gasteiger partial charge in [0.2, 0.25) is 0 Å². The standard InChI is InChI=1S/C15H24BrN3O/c1-15(2)7-5-10(6-8-15)13-18-11(9-20-4)12(16)14(17-3)19-13/h10H,5-9H2,1-4H3,(H,17,18,19). The fourth-order valence-corrected chi connectivity index (χ4v) is 3.24. The van der Waals surface area contributed by atoms with E-state index in [1.807, 2.05) is 7.05 Å². The van der Waals surface area contributed by atoms with E-state index in [1.165, 1.54) is 25.7 Å². The highest BCUT2D eigenvalue weighted by Crippen LogP contribution is 2.42. The Morgan fingerprint density at radius 1 is 1.30 bits per heavy atom. The van der Waals surface area contributed by atoms with E-state index < -0.39 is 0 Å². The Balaban J connectivity index is 2.25. The first-order chi connectivity index (χ1) is 9.46. The third-order valence-electron chi connectivity index (χ3n) is 4.16. The summed E-state index contributed by atoms with van der Waals surface area (Å²) >= 11 is 3.55. The summed E-state index contributed by atoms with van der Waals surface area (Å²) in [5, 5.41) is 3.14. The van der Waals surface area contributed by atoms with Crippen LogP contribution in [-0.4, -0.2) is 24.1 Å². The summed E-state index contributed by atoms with van der Waals surface area (Å²) in [6.45, 7) is 5.20. The van der Waals surface area contributed by atoms with Crippen LogP contribution < -0.4 is 5.32 Å². The molecule has 1 N–H and O–H groups in total. The van der Waals surface area contributed by atoms with Gasteiger partial charge in [0.25, 0.3) is 0 Å². The molecule has 1 aromatic heterocycles. The second-order valence-electron chi connectivity index (χ2n) is 6.31. The van der Waals surface area contributed by atoms with Crippen molar-refractivity contribution in [3.05, 3.63) is 16.0 Å². The lowest BCUT2D eigenvalue weighted by molar-refractivity contribution is 0.179. The lowest BCUT2D eigenvalue weighted by Gasteiger charge is -2.33. The predicted molar refractivity (Wildman–Crippen MR) is 85.0 cm³/mol. The summed E-state index contributed by atoms with van der Waals surface area (Å²) in [7, 11) is 3.58. The Hall–Kier alpha value is -0.680. The Labute approximate surface area is 129 Å². The highest BCUT2D eigenvalue weighted by atomic mass is 79.9. The summed E-state index contributed by atoms with van der Waals surface area (Å²) in [6, 6.07) is 0. The lowest BCUT2D eigenvalue weighted by Crippen LogP contribution is -2.22. The van der Waals surface area contributed by atoms with Gasteiger partial charge in [-0.15, -0.1) is 0 Å². The van der Waals surface area contributed by atoms with Crippen molar-refractivity contribution in [3.63, 3.8) is 0 Å². The largest absolute Gasteiger partial charge is 0.378 e. The van der Waals surface area contributed by atoms with Gasteiger partial charge in [-0.2, -0.15) is 0 Å². The topological polar surface area (TPSA) is 47.0 Å². The number of methoxy groups -OCH3 is 1. The molecule has 4 nitrogen and oxygen atoms in total. The van der Waals surface area contributed by atoms with Gasteiger partial charge in [0, 0.05) is 20.1 Å². The summed E-state index contributed by atoms with van der Waals surface area (Å²) in [6.07, 6.45) is 4.82. The molecule has 0 unspecified atom stereocenters. The maximum Gasteiger partial charge on any atom is 0.144 e. The zero-order chi connectivity index (χ0) is 14.8. The molecule has 2 rings (SSSR count). The van der Waals surface area contributed by atoms with Crippen molar-refractivity contribution in [2.45, 2.75) is 52.1 Å². The Kier molecular flexibility index (Phi) is 5.02. The first-order valence-corrected chi connectivity index (χ1v) is 7.99. The monoisotopic (exact) mass is 341 g/mol. The quantitative estimate of drug-likeness (QED) is 0.894. The van der Waals surface area contributed by atoms with Crippen LogP contribution in [0.2, 0.25) is 0 Å². The highest BCUT2D eigenvalue weighted by Gasteiger charge is 2.29. The first-order valence-electron chi connectivity index (χ1n) is 7.20. The molecule has 0 radical (unpaired) electrons.